The first-order chi connectivity index (χ1) is 12.9. The molecule has 3 unspecified atom stereocenters. The first-order valence-corrected chi connectivity index (χ1v) is 11.0. The number of rotatable bonds is 8. The van der Waals surface area contributed by atoms with Crippen molar-refractivity contribution in [1.29, 1.82) is 0 Å². The van der Waals surface area contributed by atoms with Crippen LogP contribution >= 0.6 is 0 Å². The number of hydrogen-bond acceptors (Lipinski definition) is 4. The predicted molar refractivity (Wildman–Crippen MR) is 105 cm³/mol. The molecule has 3 fully saturated rings. The van der Waals surface area contributed by atoms with E-state index in [1.165, 1.54) is 12.8 Å². The summed E-state index contributed by atoms with van der Waals surface area (Å²) in [6.45, 7) is 4.37. The molecule has 5 heteroatoms. The number of unbranched alkanes of at least 4 members (excludes halogenated alkanes) is 1. The molecule has 0 radical (unpaired) electrons. The van der Waals surface area contributed by atoms with E-state index in [9.17, 15) is 20.1 Å². The Morgan fingerprint density at radius 2 is 2.07 bits per heavy atom. The van der Waals surface area contributed by atoms with E-state index < -0.39 is 24.2 Å². The predicted octanol–water partition coefficient (Wildman–Crippen LogP) is 3.20. The molecule has 2 heterocycles. The van der Waals surface area contributed by atoms with Crippen molar-refractivity contribution in [1.82, 2.24) is 4.90 Å². The molecule has 2 aliphatic heterocycles. The molecule has 0 spiro atoms. The Kier molecular flexibility index (Phi) is 6.98. The number of aliphatic carboxylic acids is 1. The van der Waals surface area contributed by atoms with Crippen LogP contribution in [0.2, 0.25) is 0 Å². The second-order valence-electron chi connectivity index (χ2n) is 9.17. The Labute approximate surface area is 163 Å². The van der Waals surface area contributed by atoms with Gasteiger partial charge in [0.05, 0.1) is 12.2 Å². The first-order valence-electron chi connectivity index (χ1n) is 11.0. The van der Waals surface area contributed by atoms with Crippen LogP contribution in [0.3, 0.4) is 0 Å². The van der Waals surface area contributed by atoms with Gasteiger partial charge in [-0.15, -0.1) is 0 Å². The fraction of sp³-hybridized carbons (Fsp3) is 0.864. The standard InChI is InChI=1S/C22H37NO4/c1-3-4-6-14(2)11-16(24)9-10-17-18-12-15-7-5-8-19(22(26)27)23(15)20(18)13-21(17)25/h9-10,14-21,24-25H,3-8,11-13H2,1-2H3,(H,26,27)/t14?,15?,16-,17+,18+,19?,20+,21+/m0/s1. The van der Waals surface area contributed by atoms with E-state index in [0.29, 0.717) is 24.3 Å². The Balaban J connectivity index is 1.62. The molecule has 0 aromatic heterocycles. The van der Waals surface area contributed by atoms with Crippen molar-refractivity contribution in [3.8, 4) is 0 Å². The third-order valence-electron chi connectivity index (χ3n) is 7.17. The van der Waals surface area contributed by atoms with Gasteiger partial charge in [-0.2, -0.15) is 0 Å². The van der Waals surface area contributed by atoms with Crippen molar-refractivity contribution in [2.45, 2.75) is 102 Å². The second-order valence-corrected chi connectivity index (χ2v) is 9.17. The zero-order chi connectivity index (χ0) is 19.6. The summed E-state index contributed by atoms with van der Waals surface area (Å²) in [7, 11) is 0. The minimum Gasteiger partial charge on any atom is -0.480 e. The van der Waals surface area contributed by atoms with Crippen LogP contribution in [-0.2, 0) is 4.79 Å². The molecule has 1 aliphatic carbocycles. The third-order valence-corrected chi connectivity index (χ3v) is 7.17. The lowest BCUT2D eigenvalue weighted by Crippen LogP contribution is -2.51. The minimum absolute atomic E-state index is 0.0376. The lowest BCUT2D eigenvalue weighted by atomic mass is 9.88. The zero-order valence-corrected chi connectivity index (χ0v) is 16.8. The Morgan fingerprint density at radius 1 is 1.30 bits per heavy atom. The van der Waals surface area contributed by atoms with Crippen LogP contribution in [0.5, 0.6) is 0 Å². The normalized spacial score (nSPS) is 38.7. The van der Waals surface area contributed by atoms with Gasteiger partial charge in [0.15, 0.2) is 0 Å². The van der Waals surface area contributed by atoms with E-state index in [4.69, 9.17) is 0 Å². The maximum atomic E-state index is 11.7. The smallest absolute Gasteiger partial charge is 0.320 e. The van der Waals surface area contributed by atoms with Gasteiger partial charge in [-0.3, -0.25) is 9.69 Å². The van der Waals surface area contributed by atoms with Crippen molar-refractivity contribution < 1.29 is 20.1 Å². The molecule has 3 rings (SSSR count). The summed E-state index contributed by atoms with van der Waals surface area (Å²) in [5.74, 6) is 0.134. The van der Waals surface area contributed by atoms with E-state index in [1.807, 2.05) is 12.2 Å². The number of piperidine rings is 1. The number of carbonyl (C=O) groups is 1. The number of aliphatic hydroxyl groups is 2. The molecule has 0 amide bonds. The number of hydrogen-bond donors (Lipinski definition) is 3. The maximum Gasteiger partial charge on any atom is 0.320 e. The molecule has 154 valence electrons. The van der Waals surface area contributed by atoms with Gasteiger partial charge in [-0.1, -0.05) is 45.3 Å². The van der Waals surface area contributed by atoms with Crippen LogP contribution in [0, 0.1) is 17.8 Å². The van der Waals surface area contributed by atoms with Crippen LogP contribution in [0.25, 0.3) is 0 Å². The largest absolute Gasteiger partial charge is 0.480 e. The van der Waals surface area contributed by atoms with Crippen molar-refractivity contribution in [2.24, 2.45) is 17.8 Å². The van der Waals surface area contributed by atoms with Crippen LogP contribution in [0.15, 0.2) is 12.2 Å². The quantitative estimate of drug-likeness (QED) is 0.564. The molecule has 8 atom stereocenters. The van der Waals surface area contributed by atoms with Crippen molar-refractivity contribution in [2.75, 3.05) is 0 Å². The molecule has 27 heavy (non-hydrogen) atoms. The first kappa shape index (κ1) is 20.8. The lowest BCUT2D eigenvalue weighted by molar-refractivity contribution is -0.146. The molecule has 0 aromatic rings. The van der Waals surface area contributed by atoms with Crippen molar-refractivity contribution in [3.05, 3.63) is 12.2 Å². The Morgan fingerprint density at radius 3 is 2.78 bits per heavy atom. The van der Waals surface area contributed by atoms with Crippen LogP contribution in [0.4, 0.5) is 0 Å². The van der Waals surface area contributed by atoms with E-state index in [0.717, 1.165) is 38.5 Å². The van der Waals surface area contributed by atoms with Gasteiger partial charge in [0.1, 0.15) is 6.04 Å². The summed E-state index contributed by atoms with van der Waals surface area (Å²) in [6.07, 6.45) is 11.7. The monoisotopic (exact) mass is 379 g/mol. The van der Waals surface area contributed by atoms with Gasteiger partial charge in [0.2, 0.25) is 0 Å². The molecular weight excluding hydrogens is 342 g/mol. The SMILES string of the molecule is CCCCC(C)C[C@@H](O)C=C[C@@H]1[C@H]2CC3CCCC(C(=O)O)N3[C@@H]2C[C@H]1O. The fourth-order valence-electron chi connectivity index (χ4n) is 5.87. The number of carboxylic acid groups (broad SMARTS) is 1. The second kappa shape index (κ2) is 9.06. The van der Waals surface area contributed by atoms with Crippen molar-refractivity contribution >= 4 is 5.97 Å². The highest BCUT2D eigenvalue weighted by atomic mass is 16.4. The van der Waals surface area contributed by atoms with Gasteiger partial charge in [0, 0.05) is 18.0 Å². The molecule has 1 saturated carbocycles. The Bertz CT molecular complexity index is 536. The third kappa shape index (κ3) is 4.57. The van der Waals surface area contributed by atoms with Gasteiger partial charge >= 0.3 is 5.97 Å². The van der Waals surface area contributed by atoms with E-state index in [1.54, 1.807) is 0 Å². The highest BCUT2D eigenvalue weighted by Gasteiger charge is 2.54. The molecule has 3 aliphatic rings. The van der Waals surface area contributed by atoms with Gasteiger partial charge in [-0.25, -0.2) is 0 Å². The summed E-state index contributed by atoms with van der Waals surface area (Å²) in [5, 5.41) is 30.6. The molecule has 0 bridgehead atoms. The molecule has 0 aromatic carbocycles. The molecular formula is C22H37NO4. The highest BCUT2D eigenvalue weighted by molar-refractivity contribution is 5.73. The van der Waals surface area contributed by atoms with Crippen LogP contribution < -0.4 is 0 Å². The maximum absolute atomic E-state index is 11.7. The van der Waals surface area contributed by atoms with Crippen LogP contribution in [0.1, 0.15) is 71.6 Å². The summed E-state index contributed by atoms with van der Waals surface area (Å²) in [4.78, 5) is 13.9. The average molecular weight is 380 g/mol. The minimum atomic E-state index is -0.717. The van der Waals surface area contributed by atoms with Crippen LogP contribution in [-0.4, -0.2) is 56.5 Å². The topological polar surface area (TPSA) is 81.0 Å². The van der Waals surface area contributed by atoms with E-state index in [-0.39, 0.29) is 12.0 Å². The van der Waals surface area contributed by atoms with Crippen molar-refractivity contribution in [3.63, 3.8) is 0 Å². The number of nitrogens with zero attached hydrogens (tertiary/aromatic N) is 1. The summed E-state index contributed by atoms with van der Waals surface area (Å²) in [6, 6.07) is 0.123. The number of carboxylic acids is 1. The summed E-state index contributed by atoms with van der Waals surface area (Å²) < 4.78 is 0. The summed E-state index contributed by atoms with van der Waals surface area (Å²) >= 11 is 0. The highest BCUT2D eigenvalue weighted by Crippen LogP contribution is 2.49. The lowest BCUT2D eigenvalue weighted by Gasteiger charge is -2.38. The fourth-order valence-corrected chi connectivity index (χ4v) is 5.87. The average Bonchev–Trinajstić information content (AvgIpc) is 3.12. The van der Waals surface area contributed by atoms with Gasteiger partial charge in [0.25, 0.3) is 0 Å². The number of aliphatic hydroxyl groups excluding tert-OH is 2. The molecule has 3 N–H and O–H groups in total. The molecule has 5 nitrogen and oxygen atoms in total. The number of fused-ring (bicyclic) bond motifs is 3. The molecule has 2 saturated heterocycles. The van der Waals surface area contributed by atoms with E-state index >= 15 is 0 Å². The Hall–Kier alpha value is -0.910. The zero-order valence-electron chi connectivity index (χ0n) is 16.8. The van der Waals surface area contributed by atoms with Gasteiger partial charge in [-0.05, 0) is 50.4 Å². The van der Waals surface area contributed by atoms with Gasteiger partial charge < -0.3 is 15.3 Å². The van der Waals surface area contributed by atoms with E-state index in [2.05, 4.69) is 18.7 Å². The summed E-state index contributed by atoms with van der Waals surface area (Å²) in [5.41, 5.74) is 0.